The number of nitrogens with zero attached hydrogens (tertiary/aromatic N) is 1. The molecule has 2 amide bonds. The molecular weight excluding hydrogens is 430 g/mol. The molecule has 1 aliphatic carbocycles. The van der Waals surface area contributed by atoms with Crippen LogP contribution in [-0.4, -0.2) is 29.1 Å². The molecule has 0 bridgehead atoms. The van der Waals surface area contributed by atoms with Gasteiger partial charge in [0.25, 0.3) is 0 Å². The van der Waals surface area contributed by atoms with Crippen LogP contribution in [-0.2, 0) is 4.79 Å². The van der Waals surface area contributed by atoms with Gasteiger partial charge >= 0.3 is 0 Å². The third-order valence-electron chi connectivity index (χ3n) is 6.30. The lowest BCUT2D eigenvalue weighted by atomic mass is 9.86. The normalized spacial score (nSPS) is 14.0. The highest BCUT2D eigenvalue weighted by Gasteiger charge is 2.25. The molecule has 0 saturated heterocycles. The number of nitrogens with one attached hydrogen (secondary N) is 1. The zero-order valence-corrected chi connectivity index (χ0v) is 19.1. The number of Topliss-reactive ketones (excluding diaryl/α,β-unsaturated/α-hetero) is 1. The van der Waals surface area contributed by atoms with Crippen molar-refractivity contribution in [3.63, 3.8) is 0 Å². The fraction of sp³-hybridized carbons (Fsp3) is 0.333. The topological polar surface area (TPSA) is 115 Å². The second-order valence-corrected chi connectivity index (χ2v) is 8.72. The summed E-state index contributed by atoms with van der Waals surface area (Å²) >= 11 is 0. The van der Waals surface area contributed by atoms with Crippen LogP contribution in [0.3, 0.4) is 0 Å². The Bertz CT molecular complexity index is 1160. The Morgan fingerprint density at radius 2 is 1.68 bits per heavy atom. The number of ketones is 1. The first-order chi connectivity index (χ1) is 16.5. The summed E-state index contributed by atoms with van der Waals surface area (Å²) < 4.78 is 5.88. The molecule has 2 aromatic carbocycles. The molecule has 176 valence electrons. The van der Waals surface area contributed by atoms with E-state index < -0.39 is 11.7 Å². The Kier molecular flexibility index (Phi) is 7.52. The molecule has 34 heavy (non-hydrogen) atoms. The molecule has 1 fully saturated rings. The average molecular weight is 460 g/mol. The van der Waals surface area contributed by atoms with E-state index >= 15 is 0 Å². The quantitative estimate of drug-likeness (QED) is 0.447. The van der Waals surface area contributed by atoms with Crippen molar-refractivity contribution in [1.29, 1.82) is 0 Å². The van der Waals surface area contributed by atoms with Crippen molar-refractivity contribution in [1.82, 2.24) is 10.3 Å². The number of rotatable bonds is 9. The minimum absolute atomic E-state index is 0.0138. The van der Waals surface area contributed by atoms with Gasteiger partial charge in [0.05, 0.1) is 6.54 Å². The highest BCUT2D eigenvalue weighted by atomic mass is 16.4. The van der Waals surface area contributed by atoms with Crippen LogP contribution in [0, 0.1) is 5.92 Å². The average Bonchev–Trinajstić information content (AvgIpc) is 3.33. The highest BCUT2D eigenvalue weighted by molar-refractivity contribution is 6.05. The van der Waals surface area contributed by atoms with E-state index in [1.807, 2.05) is 30.3 Å². The smallest absolute Gasteiger partial charge is 0.249 e. The summed E-state index contributed by atoms with van der Waals surface area (Å²) in [6, 6.07) is 15.9. The van der Waals surface area contributed by atoms with Crippen LogP contribution in [0.2, 0.25) is 0 Å². The molecular formula is C27H29N3O4. The standard InChI is InChI=1S/C27H29N3O4/c28-26(33)21-14-8-7-13-20(21)24-25(34-27(30-24)19-11-5-2-6-12-19)22(31)17-29-23(32)16-15-18-9-3-1-4-10-18/h2,5-8,11-14,18H,1,3-4,9-10,15-17H2,(H2,28,33)(H,29,32). The van der Waals surface area contributed by atoms with E-state index in [-0.39, 0.29) is 35.4 Å². The number of aromatic nitrogens is 1. The van der Waals surface area contributed by atoms with Gasteiger partial charge in [-0.15, -0.1) is 0 Å². The molecule has 7 nitrogen and oxygen atoms in total. The van der Waals surface area contributed by atoms with E-state index in [4.69, 9.17) is 10.2 Å². The van der Waals surface area contributed by atoms with Crippen LogP contribution in [0.4, 0.5) is 0 Å². The summed E-state index contributed by atoms with van der Waals surface area (Å²) in [6.07, 6.45) is 7.34. The Morgan fingerprint density at radius 3 is 2.41 bits per heavy atom. The monoisotopic (exact) mass is 459 g/mol. The first kappa shape index (κ1) is 23.4. The van der Waals surface area contributed by atoms with Gasteiger partial charge in [0.1, 0.15) is 5.69 Å². The maximum absolute atomic E-state index is 13.1. The molecule has 1 heterocycles. The lowest BCUT2D eigenvalue weighted by molar-refractivity contribution is -0.121. The summed E-state index contributed by atoms with van der Waals surface area (Å²) in [7, 11) is 0. The van der Waals surface area contributed by atoms with Gasteiger partial charge in [0.2, 0.25) is 29.2 Å². The molecule has 1 aliphatic rings. The zero-order chi connectivity index (χ0) is 23.9. The van der Waals surface area contributed by atoms with Crippen molar-refractivity contribution < 1.29 is 18.8 Å². The van der Waals surface area contributed by atoms with E-state index in [0.717, 1.165) is 6.42 Å². The molecule has 0 spiro atoms. The van der Waals surface area contributed by atoms with Gasteiger partial charge in [-0.25, -0.2) is 4.98 Å². The number of benzene rings is 2. The van der Waals surface area contributed by atoms with Crippen LogP contribution in [0.25, 0.3) is 22.7 Å². The Hall–Kier alpha value is -3.74. The van der Waals surface area contributed by atoms with E-state index in [1.54, 1.807) is 24.3 Å². The maximum Gasteiger partial charge on any atom is 0.249 e. The number of primary amides is 1. The number of nitrogens with two attached hydrogens (primary N) is 1. The minimum atomic E-state index is -0.630. The van der Waals surface area contributed by atoms with Crippen LogP contribution in [0.15, 0.2) is 59.0 Å². The van der Waals surface area contributed by atoms with Crippen molar-refractivity contribution in [2.24, 2.45) is 11.7 Å². The molecule has 0 aliphatic heterocycles. The van der Waals surface area contributed by atoms with Crippen LogP contribution in [0.5, 0.6) is 0 Å². The number of oxazole rings is 1. The zero-order valence-electron chi connectivity index (χ0n) is 19.1. The van der Waals surface area contributed by atoms with Crippen LogP contribution < -0.4 is 11.1 Å². The van der Waals surface area contributed by atoms with Gasteiger partial charge in [0.15, 0.2) is 0 Å². The molecule has 4 rings (SSSR count). The van der Waals surface area contributed by atoms with Crippen molar-refractivity contribution >= 4 is 17.6 Å². The minimum Gasteiger partial charge on any atom is -0.432 e. The maximum atomic E-state index is 13.1. The molecule has 0 unspecified atom stereocenters. The summed E-state index contributed by atoms with van der Waals surface area (Å²) in [5.74, 6) is -0.373. The van der Waals surface area contributed by atoms with Gasteiger partial charge in [-0.3, -0.25) is 14.4 Å². The number of hydrogen-bond acceptors (Lipinski definition) is 5. The van der Waals surface area contributed by atoms with E-state index in [2.05, 4.69) is 10.3 Å². The van der Waals surface area contributed by atoms with Crippen molar-refractivity contribution in [2.75, 3.05) is 6.54 Å². The second kappa shape index (κ2) is 10.9. The van der Waals surface area contributed by atoms with Crippen LogP contribution >= 0.6 is 0 Å². The Morgan fingerprint density at radius 1 is 0.971 bits per heavy atom. The SMILES string of the molecule is NC(=O)c1ccccc1-c1nc(-c2ccccc2)oc1C(=O)CNC(=O)CCC1CCCCC1. The molecule has 3 aromatic rings. The Balaban J connectivity index is 1.54. The first-order valence-electron chi connectivity index (χ1n) is 11.8. The second-order valence-electron chi connectivity index (χ2n) is 8.72. The number of hydrogen-bond donors (Lipinski definition) is 2. The van der Waals surface area contributed by atoms with Crippen molar-refractivity contribution in [3.8, 4) is 22.7 Å². The van der Waals surface area contributed by atoms with E-state index in [0.29, 0.717) is 23.5 Å². The van der Waals surface area contributed by atoms with Crippen molar-refractivity contribution in [2.45, 2.75) is 44.9 Å². The third kappa shape index (κ3) is 5.60. The molecule has 0 radical (unpaired) electrons. The van der Waals surface area contributed by atoms with Gasteiger partial charge in [-0.05, 0) is 30.5 Å². The lowest BCUT2D eigenvalue weighted by Crippen LogP contribution is -2.30. The van der Waals surface area contributed by atoms with E-state index in [9.17, 15) is 14.4 Å². The number of carbonyl (C=O) groups excluding carboxylic acids is 3. The first-order valence-corrected chi connectivity index (χ1v) is 11.8. The van der Waals surface area contributed by atoms with Crippen LogP contribution in [0.1, 0.15) is 65.9 Å². The number of carbonyl (C=O) groups is 3. The Labute approximate surface area is 198 Å². The highest BCUT2D eigenvalue weighted by Crippen LogP contribution is 2.31. The van der Waals surface area contributed by atoms with Crippen molar-refractivity contribution in [3.05, 3.63) is 65.9 Å². The predicted molar refractivity (Wildman–Crippen MR) is 129 cm³/mol. The molecule has 3 N–H and O–H groups in total. The van der Waals surface area contributed by atoms with Gasteiger partial charge < -0.3 is 15.5 Å². The van der Waals surface area contributed by atoms with E-state index in [1.165, 1.54) is 32.1 Å². The fourth-order valence-corrected chi connectivity index (χ4v) is 4.46. The fourth-order valence-electron chi connectivity index (χ4n) is 4.46. The molecule has 7 heteroatoms. The predicted octanol–water partition coefficient (Wildman–Crippen LogP) is 4.77. The summed E-state index contributed by atoms with van der Waals surface area (Å²) in [6.45, 7) is -0.210. The third-order valence-corrected chi connectivity index (χ3v) is 6.30. The lowest BCUT2D eigenvalue weighted by Gasteiger charge is -2.20. The molecule has 1 aromatic heterocycles. The molecule has 1 saturated carbocycles. The summed E-state index contributed by atoms with van der Waals surface area (Å²) in [4.78, 5) is 42.0. The number of amides is 2. The summed E-state index contributed by atoms with van der Waals surface area (Å²) in [5, 5.41) is 2.72. The van der Waals surface area contributed by atoms with Gasteiger partial charge in [-0.2, -0.15) is 0 Å². The van der Waals surface area contributed by atoms with Gasteiger partial charge in [-0.1, -0.05) is 68.5 Å². The molecule has 0 atom stereocenters. The summed E-state index contributed by atoms with van der Waals surface area (Å²) in [5.41, 5.74) is 7.12. The van der Waals surface area contributed by atoms with Gasteiger partial charge in [0, 0.05) is 23.1 Å². The largest absolute Gasteiger partial charge is 0.432 e.